The highest BCUT2D eigenvalue weighted by Gasteiger charge is 2.48. The number of nitrogens with zero attached hydrogens (tertiary/aromatic N) is 4. The largest absolute Gasteiger partial charge is 0.404 e. The van der Waals surface area contributed by atoms with Crippen molar-refractivity contribution in [2.24, 2.45) is 17.8 Å². The van der Waals surface area contributed by atoms with Crippen molar-refractivity contribution in [3.8, 4) is 0 Å². The van der Waals surface area contributed by atoms with Crippen LogP contribution in [0.15, 0.2) is 42.5 Å². The smallest absolute Gasteiger partial charge is 0.357 e. The molecule has 0 radical (unpaired) electrons. The molecule has 1 aromatic heterocycles. The van der Waals surface area contributed by atoms with Crippen molar-refractivity contribution in [3.63, 3.8) is 0 Å². The summed E-state index contributed by atoms with van der Waals surface area (Å²) in [6, 6.07) is 10.9. The molecular weight excluding hydrogens is 517 g/mol. The molecule has 1 unspecified atom stereocenters. The quantitative estimate of drug-likeness (QED) is 0.408. The van der Waals surface area contributed by atoms with Crippen LogP contribution in [0.5, 0.6) is 0 Å². The van der Waals surface area contributed by atoms with Crippen LogP contribution in [0.1, 0.15) is 47.5 Å². The maximum absolute atomic E-state index is 13.7. The van der Waals surface area contributed by atoms with Crippen LogP contribution in [-0.2, 0) is 4.79 Å². The Balaban J connectivity index is 1.25. The zero-order chi connectivity index (χ0) is 27.6. The first-order valence-corrected chi connectivity index (χ1v) is 13.3. The van der Waals surface area contributed by atoms with E-state index in [0.717, 1.165) is 44.6 Å². The van der Waals surface area contributed by atoms with Gasteiger partial charge in [0.1, 0.15) is 11.0 Å². The van der Waals surface area contributed by atoms with Crippen LogP contribution in [0, 0.1) is 17.8 Å². The van der Waals surface area contributed by atoms with Crippen LogP contribution in [-0.4, -0.2) is 73.6 Å². The number of rotatable bonds is 8. The van der Waals surface area contributed by atoms with Gasteiger partial charge in [-0.1, -0.05) is 41.9 Å². The standard InChI is InChI=1S/C28H34ClF3N4O2/c1-34(2)26(37)22-9-10-23(33-25(22)29)36-13-11-18(12-14-36)15-20-16-21(20)17-35(3)27(38)24(28(30,31)32)19-7-5-4-6-8-19/h4-10,18,20-21,24H,11-17H2,1-3H3/t20-,21-,24?/m0/s1. The highest BCUT2D eigenvalue weighted by Crippen LogP contribution is 2.46. The number of pyridine rings is 1. The highest BCUT2D eigenvalue weighted by molar-refractivity contribution is 6.32. The fourth-order valence-corrected chi connectivity index (χ4v) is 5.66. The number of likely N-dealkylation sites (N-methyl/N-ethyl adjacent to an activating group) is 1. The second-order valence-electron chi connectivity index (χ2n) is 10.7. The maximum atomic E-state index is 13.7. The molecule has 1 saturated carbocycles. The number of carbonyl (C=O) groups excluding carboxylic acids is 2. The third-order valence-electron chi connectivity index (χ3n) is 7.71. The van der Waals surface area contributed by atoms with E-state index in [-0.39, 0.29) is 22.5 Å². The Morgan fingerprint density at radius 3 is 2.29 bits per heavy atom. The SMILES string of the molecule is CN(C)C(=O)c1ccc(N2CCC(C[C@H]3C[C@H]3CN(C)C(=O)C(c3ccccc3)C(F)(F)F)CC2)nc1Cl. The molecule has 1 aromatic carbocycles. The summed E-state index contributed by atoms with van der Waals surface area (Å²) in [5.41, 5.74) is 0.356. The van der Waals surface area contributed by atoms with Gasteiger partial charge in [0.05, 0.1) is 5.56 Å². The molecule has 1 saturated heterocycles. The lowest BCUT2D eigenvalue weighted by Crippen LogP contribution is -2.40. The second kappa shape index (κ2) is 11.5. The minimum absolute atomic E-state index is 0.0225. The van der Waals surface area contributed by atoms with Gasteiger partial charge in [-0.05, 0) is 61.1 Å². The van der Waals surface area contributed by atoms with E-state index in [1.165, 1.54) is 41.1 Å². The van der Waals surface area contributed by atoms with Crippen molar-refractivity contribution in [1.82, 2.24) is 14.8 Å². The molecule has 2 aromatic rings. The molecule has 1 aliphatic heterocycles. The minimum atomic E-state index is -4.63. The van der Waals surface area contributed by atoms with Crippen LogP contribution in [0.2, 0.25) is 5.15 Å². The van der Waals surface area contributed by atoms with E-state index in [9.17, 15) is 22.8 Å². The average molecular weight is 551 g/mol. The van der Waals surface area contributed by atoms with Gasteiger partial charge in [0.2, 0.25) is 5.91 Å². The molecule has 2 amide bonds. The average Bonchev–Trinajstić information content (AvgIpc) is 3.60. The normalized spacial score (nSPS) is 20.7. The molecule has 3 atom stereocenters. The summed E-state index contributed by atoms with van der Waals surface area (Å²) in [6.07, 6.45) is -0.699. The van der Waals surface area contributed by atoms with Crippen molar-refractivity contribution in [2.45, 2.75) is 37.8 Å². The van der Waals surface area contributed by atoms with Gasteiger partial charge >= 0.3 is 6.18 Å². The summed E-state index contributed by atoms with van der Waals surface area (Å²) in [5, 5.41) is 0.197. The van der Waals surface area contributed by atoms with E-state index < -0.39 is 18.0 Å². The number of aromatic nitrogens is 1. The van der Waals surface area contributed by atoms with Crippen LogP contribution in [0.25, 0.3) is 0 Å². The molecule has 4 rings (SSSR count). The monoisotopic (exact) mass is 550 g/mol. The molecule has 0 N–H and O–H groups in total. The van der Waals surface area contributed by atoms with Gasteiger partial charge in [-0.25, -0.2) is 4.98 Å². The Bertz CT molecular complexity index is 1140. The lowest BCUT2D eigenvalue weighted by Gasteiger charge is -2.33. The lowest BCUT2D eigenvalue weighted by atomic mass is 9.91. The number of amides is 2. The van der Waals surface area contributed by atoms with E-state index in [4.69, 9.17) is 11.6 Å². The fourth-order valence-electron chi connectivity index (χ4n) is 5.43. The van der Waals surface area contributed by atoms with Crippen molar-refractivity contribution >= 4 is 29.2 Å². The number of carbonyl (C=O) groups is 2. The van der Waals surface area contributed by atoms with Gasteiger partial charge in [0.25, 0.3) is 5.91 Å². The number of anilines is 1. The zero-order valence-electron chi connectivity index (χ0n) is 21.9. The third-order valence-corrected chi connectivity index (χ3v) is 7.99. The molecular formula is C28H34ClF3N4O2. The molecule has 38 heavy (non-hydrogen) atoms. The van der Waals surface area contributed by atoms with Gasteiger partial charge in [-0.2, -0.15) is 13.2 Å². The first-order valence-electron chi connectivity index (χ1n) is 13.0. The first-order chi connectivity index (χ1) is 18.0. The van der Waals surface area contributed by atoms with Crippen LogP contribution in [0.3, 0.4) is 0 Å². The van der Waals surface area contributed by atoms with E-state index >= 15 is 0 Å². The van der Waals surface area contributed by atoms with Crippen LogP contribution >= 0.6 is 11.6 Å². The molecule has 10 heteroatoms. The topological polar surface area (TPSA) is 56.8 Å². The van der Waals surface area contributed by atoms with Gasteiger partial charge in [-0.15, -0.1) is 0 Å². The Morgan fingerprint density at radius 2 is 1.71 bits per heavy atom. The second-order valence-corrected chi connectivity index (χ2v) is 11.1. The highest BCUT2D eigenvalue weighted by atomic mass is 35.5. The molecule has 2 fully saturated rings. The predicted molar refractivity (Wildman–Crippen MR) is 141 cm³/mol. The molecule has 2 aliphatic rings. The number of benzene rings is 1. The molecule has 6 nitrogen and oxygen atoms in total. The molecule has 0 spiro atoms. The van der Waals surface area contributed by atoms with Crippen molar-refractivity contribution < 1.29 is 22.8 Å². The maximum Gasteiger partial charge on any atom is 0.404 e. The Kier molecular flexibility index (Phi) is 8.55. The Morgan fingerprint density at radius 1 is 1.05 bits per heavy atom. The van der Waals surface area contributed by atoms with Crippen LogP contribution in [0.4, 0.5) is 19.0 Å². The summed E-state index contributed by atoms with van der Waals surface area (Å²) in [4.78, 5) is 34.3. The van der Waals surface area contributed by atoms with Crippen molar-refractivity contribution in [1.29, 1.82) is 0 Å². The number of halogens is 4. The Labute approximate surface area is 226 Å². The Hall–Kier alpha value is -2.81. The predicted octanol–water partition coefficient (Wildman–Crippen LogP) is 5.48. The molecule has 2 heterocycles. The molecule has 0 bridgehead atoms. The van der Waals surface area contributed by atoms with Gasteiger partial charge in [-0.3, -0.25) is 9.59 Å². The van der Waals surface area contributed by atoms with E-state index in [2.05, 4.69) is 9.88 Å². The van der Waals surface area contributed by atoms with E-state index in [1.54, 1.807) is 26.2 Å². The molecule has 206 valence electrons. The van der Waals surface area contributed by atoms with Crippen molar-refractivity contribution in [3.05, 3.63) is 58.7 Å². The summed E-state index contributed by atoms with van der Waals surface area (Å²) in [7, 11) is 4.82. The minimum Gasteiger partial charge on any atom is -0.357 e. The van der Waals surface area contributed by atoms with Crippen LogP contribution < -0.4 is 4.90 Å². The number of hydrogen-bond acceptors (Lipinski definition) is 4. The summed E-state index contributed by atoms with van der Waals surface area (Å²) < 4.78 is 41.2. The summed E-state index contributed by atoms with van der Waals surface area (Å²) >= 11 is 6.28. The van der Waals surface area contributed by atoms with Crippen molar-refractivity contribution in [2.75, 3.05) is 45.7 Å². The number of piperidine rings is 1. The third kappa shape index (κ3) is 6.60. The van der Waals surface area contributed by atoms with E-state index in [1.807, 2.05) is 6.07 Å². The fraction of sp³-hybridized carbons (Fsp3) is 0.536. The molecule has 1 aliphatic carbocycles. The van der Waals surface area contributed by atoms with Gasteiger partial charge in [0, 0.05) is 40.8 Å². The van der Waals surface area contributed by atoms with E-state index in [0.29, 0.717) is 23.9 Å². The summed E-state index contributed by atoms with van der Waals surface area (Å²) in [6.45, 7) is 2.01. The lowest BCUT2D eigenvalue weighted by molar-refractivity contribution is -0.171. The zero-order valence-corrected chi connectivity index (χ0v) is 22.7. The number of alkyl halides is 3. The number of hydrogen-bond donors (Lipinski definition) is 0. The summed E-state index contributed by atoms with van der Waals surface area (Å²) in [5.74, 6) is -1.25. The first kappa shape index (κ1) is 28.2. The van der Waals surface area contributed by atoms with Gasteiger partial charge < -0.3 is 14.7 Å². The van der Waals surface area contributed by atoms with Gasteiger partial charge in [0.15, 0.2) is 5.92 Å².